The van der Waals surface area contributed by atoms with Gasteiger partial charge in [-0.3, -0.25) is 14.5 Å². The lowest BCUT2D eigenvalue weighted by Gasteiger charge is -2.52. The number of nitrogens with zero attached hydrogens (tertiary/aromatic N) is 2. The topological polar surface area (TPSA) is 119 Å². The molecule has 5 rings (SSSR count). The highest BCUT2D eigenvalue weighted by Gasteiger charge is 2.54. The van der Waals surface area contributed by atoms with E-state index in [1.54, 1.807) is 12.1 Å². The van der Waals surface area contributed by atoms with Gasteiger partial charge in [0.25, 0.3) is 0 Å². The normalized spacial score (nSPS) is 21.9. The molecule has 43 heavy (non-hydrogen) atoms. The van der Waals surface area contributed by atoms with Gasteiger partial charge in [0.1, 0.15) is 23.1 Å². The minimum Gasteiger partial charge on any atom is -0.478 e. The number of hydrogen-bond acceptors (Lipinski definition) is 6. The van der Waals surface area contributed by atoms with Crippen LogP contribution in [0.2, 0.25) is 0 Å². The Balaban J connectivity index is 1.20. The standard InChI is InChI=1S/C34H45N3O6/c1-3-4-18-37-30(38)28(22-33(42)14-6-5-7-15-33)35-32(41)34(37)16-19-36(20-17-34)23-25-8-11-27(12-9-25)43-29-13-10-26(31(39)40)21-24(29)2/h8-13,21,28,42H,3-7,14-20,22-23H2,1-2H3,(H,35,41)(H,39,40)/t28-/m1/s1. The van der Waals surface area contributed by atoms with Crippen molar-refractivity contribution in [1.82, 2.24) is 15.1 Å². The summed E-state index contributed by atoms with van der Waals surface area (Å²) >= 11 is 0. The van der Waals surface area contributed by atoms with Crippen LogP contribution in [-0.2, 0) is 16.1 Å². The van der Waals surface area contributed by atoms with Crippen molar-refractivity contribution in [2.24, 2.45) is 0 Å². The third-order valence-corrected chi connectivity index (χ3v) is 9.57. The third kappa shape index (κ3) is 6.88. The SMILES string of the molecule is CCCCN1C(=O)[C@@H](CC2(O)CCCCC2)NC(=O)C12CCN(Cc1ccc(Oc3ccc(C(=O)O)cc3C)cc1)CC2. The molecule has 2 aromatic rings. The number of nitrogens with one attached hydrogen (secondary N) is 1. The highest BCUT2D eigenvalue weighted by Crippen LogP contribution is 2.38. The van der Waals surface area contributed by atoms with E-state index in [1.165, 1.54) is 6.07 Å². The number of likely N-dealkylation sites (tertiary alicyclic amines) is 1. The number of carbonyl (C=O) groups is 3. The van der Waals surface area contributed by atoms with Gasteiger partial charge in [0.2, 0.25) is 11.8 Å². The number of aryl methyl sites for hydroxylation is 1. The first-order chi connectivity index (χ1) is 20.6. The first-order valence-corrected chi connectivity index (χ1v) is 15.8. The molecule has 0 bridgehead atoms. The van der Waals surface area contributed by atoms with Crippen molar-refractivity contribution in [2.75, 3.05) is 19.6 Å². The van der Waals surface area contributed by atoms with Crippen molar-refractivity contribution in [3.8, 4) is 11.5 Å². The molecule has 232 valence electrons. The number of benzene rings is 2. The second kappa shape index (κ2) is 13.1. The predicted molar refractivity (Wildman–Crippen MR) is 163 cm³/mol. The number of piperazine rings is 1. The highest BCUT2D eigenvalue weighted by atomic mass is 16.5. The van der Waals surface area contributed by atoms with Gasteiger partial charge >= 0.3 is 5.97 Å². The smallest absolute Gasteiger partial charge is 0.335 e. The van der Waals surface area contributed by atoms with E-state index in [-0.39, 0.29) is 17.4 Å². The summed E-state index contributed by atoms with van der Waals surface area (Å²) in [6.07, 6.45) is 7.66. The van der Waals surface area contributed by atoms with E-state index < -0.39 is 23.2 Å². The maximum absolute atomic E-state index is 13.8. The van der Waals surface area contributed by atoms with Gasteiger partial charge in [-0.1, -0.05) is 44.7 Å². The number of carbonyl (C=O) groups excluding carboxylic acids is 2. The van der Waals surface area contributed by atoms with Gasteiger partial charge in [-0.15, -0.1) is 0 Å². The van der Waals surface area contributed by atoms with Crippen LogP contribution in [0.3, 0.4) is 0 Å². The van der Waals surface area contributed by atoms with Gasteiger partial charge in [-0.2, -0.15) is 0 Å². The van der Waals surface area contributed by atoms with Crippen LogP contribution in [0.5, 0.6) is 11.5 Å². The molecule has 2 heterocycles. The molecule has 1 atom stereocenters. The number of amides is 2. The van der Waals surface area contributed by atoms with Crippen LogP contribution in [0, 0.1) is 6.92 Å². The lowest BCUT2D eigenvalue weighted by atomic mass is 9.77. The quantitative estimate of drug-likeness (QED) is 0.355. The van der Waals surface area contributed by atoms with Gasteiger partial charge in [-0.05, 0) is 80.5 Å². The van der Waals surface area contributed by atoms with Crippen molar-refractivity contribution < 1.29 is 29.3 Å². The average molecular weight is 592 g/mol. The molecule has 9 nitrogen and oxygen atoms in total. The minimum absolute atomic E-state index is 0.0380. The van der Waals surface area contributed by atoms with E-state index in [4.69, 9.17) is 4.74 Å². The van der Waals surface area contributed by atoms with Crippen molar-refractivity contribution in [3.63, 3.8) is 0 Å². The Bertz CT molecular complexity index is 1310. The molecule has 3 aliphatic rings. The van der Waals surface area contributed by atoms with E-state index in [2.05, 4.69) is 17.1 Å². The molecular formula is C34H45N3O6. The van der Waals surface area contributed by atoms with Crippen LogP contribution in [0.25, 0.3) is 0 Å². The summed E-state index contributed by atoms with van der Waals surface area (Å²) in [4.78, 5) is 42.9. The minimum atomic E-state index is -0.967. The molecule has 0 unspecified atom stereocenters. The number of hydrogen-bond donors (Lipinski definition) is 3. The fourth-order valence-electron chi connectivity index (χ4n) is 6.97. The van der Waals surface area contributed by atoms with E-state index in [1.807, 2.05) is 36.1 Å². The summed E-state index contributed by atoms with van der Waals surface area (Å²) in [6, 6.07) is 12.0. The summed E-state index contributed by atoms with van der Waals surface area (Å²) in [6.45, 7) is 6.61. The van der Waals surface area contributed by atoms with Crippen LogP contribution in [0.4, 0.5) is 0 Å². The zero-order chi connectivity index (χ0) is 30.6. The average Bonchev–Trinajstić information content (AvgIpc) is 2.99. The summed E-state index contributed by atoms with van der Waals surface area (Å²) in [5.41, 5.74) is 0.389. The number of carboxylic acid groups (broad SMARTS) is 1. The maximum atomic E-state index is 13.8. The molecule has 2 amide bonds. The Labute approximate surface area is 254 Å². The molecule has 2 aromatic carbocycles. The Morgan fingerprint density at radius 3 is 2.35 bits per heavy atom. The van der Waals surface area contributed by atoms with E-state index in [9.17, 15) is 24.6 Å². The second-order valence-corrected chi connectivity index (χ2v) is 12.7. The lowest BCUT2D eigenvalue weighted by molar-refractivity contribution is -0.163. The van der Waals surface area contributed by atoms with Crippen molar-refractivity contribution in [2.45, 2.75) is 102 Å². The van der Waals surface area contributed by atoms with Gasteiger partial charge in [0.05, 0.1) is 11.2 Å². The van der Waals surface area contributed by atoms with Crippen molar-refractivity contribution in [3.05, 3.63) is 59.2 Å². The first kappa shape index (κ1) is 31.0. The van der Waals surface area contributed by atoms with Gasteiger partial charge in [0, 0.05) is 32.6 Å². The number of aliphatic hydroxyl groups is 1. The second-order valence-electron chi connectivity index (χ2n) is 12.7. The lowest BCUT2D eigenvalue weighted by Crippen LogP contribution is -2.73. The molecule has 2 saturated heterocycles. The number of piperidine rings is 1. The molecule has 1 aliphatic carbocycles. The van der Waals surface area contributed by atoms with E-state index in [0.29, 0.717) is 63.2 Å². The van der Waals surface area contributed by atoms with E-state index >= 15 is 0 Å². The maximum Gasteiger partial charge on any atom is 0.335 e. The molecule has 1 spiro atoms. The predicted octanol–water partition coefficient (Wildman–Crippen LogP) is 5.03. The summed E-state index contributed by atoms with van der Waals surface area (Å²) < 4.78 is 5.99. The summed E-state index contributed by atoms with van der Waals surface area (Å²) in [7, 11) is 0. The number of aromatic carboxylic acids is 1. The summed E-state index contributed by atoms with van der Waals surface area (Å²) in [5, 5.41) is 23.4. The fourth-order valence-corrected chi connectivity index (χ4v) is 6.97. The van der Waals surface area contributed by atoms with Crippen LogP contribution in [0.1, 0.15) is 92.6 Å². The number of unbranched alkanes of at least 4 members (excludes halogenated alkanes) is 1. The fraction of sp³-hybridized carbons (Fsp3) is 0.559. The monoisotopic (exact) mass is 591 g/mol. The molecule has 3 fully saturated rings. The van der Waals surface area contributed by atoms with Crippen LogP contribution < -0.4 is 10.1 Å². The molecule has 9 heteroatoms. The largest absolute Gasteiger partial charge is 0.478 e. The van der Waals surface area contributed by atoms with Gasteiger partial charge in [-0.25, -0.2) is 4.79 Å². The first-order valence-electron chi connectivity index (χ1n) is 15.8. The van der Waals surface area contributed by atoms with E-state index in [0.717, 1.165) is 49.8 Å². The molecule has 0 aromatic heterocycles. The Hall–Kier alpha value is -3.43. The summed E-state index contributed by atoms with van der Waals surface area (Å²) in [5.74, 6) is 0.209. The Morgan fingerprint density at radius 1 is 1.02 bits per heavy atom. The molecule has 0 radical (unpaired) electrons. The van der Waals surface area contributed by atoms with Crippen LogP contribution in [0.15, 0.2) is 42.5 Å². The van der Waals surface area contributed by atoms with Gasteiger partial charge in [0.15, 0.2) is 0 Å². The molecule has 3 N–H and O–H groups in total. The van der Waals surface area contributed by atoms with Gasteiger partial charge < -0.3 is 25.2 Å². The molecular weight excluding hydrogens is 546 g/mol. The Morgan fingerprint density at radius 2 is 1.72 bits per heavy atom. The number of carboxylic acids is 1. The van der Waals surface area contributed by atoms with Crippen molar-refractivity contribution >= 4 is 17.8 Å². The zero-order valence-electron chi connectivity index (χ0n) is 25.4. The Kier molecular flexibility index (Phi) is 9.42. The number of rotatable bonds is 10. The van der Waals surface area contributed by atoms with Crippen LogP contribution in [-0.4, -0.2) is 74.6 Å². The zero-order valence-corrected chi connectivity index (χ0v) is 25.4. The van der Waals surface area contributed by atoms with Crippen LogP contribution >= 0.6 is 0 Å². The highest BCUT2D eigenvalue weighted by molar-refractivity contribution is 6.00. The number of ether oxygens (including phenoxy) is 1. The third-order valence-electron chi connectivity index (χ3n) is 9.57. The molecule has 1 saturated carbocycles. The van der Waals surface area contributed by atoms with Crippen molar-refractivity contribution in [1.29, 1.82) is 0 Å². The molecule has 2 aliphatic heterocycles.